The molecule has 0 radical (unpaired) electrons. The summed E-state index contributed by atoms with van der Waals surface area (Å²) in [6.07, 6.45) is 1.60. The van der Waals surface area contributed by atoms with Gasteiger partial charge in [0.15, 0.2) is 22.4 Å². The minimum atomic E-state index is -0.725. The smallest absolute Gasteiger partial charge is 0.190 e. The van der Waals surface area contributed by atoms with Crippen molar-refractivity contribution in [1.82, 2.24) is 9.97 Å². The van der Waals surface area contributed by atoms with Gasteiger partial charge in [-0.15, -0.1) is 0 Å². The molecule has 3 aromatic rings. The van der Waals surface area contributed by atoms with Crippen molar-refractivity contribution in [3.05, 3.63) is 48.0 Å². The van der Waals surface area contributed by atoms with Gasteiger partial charge in [0.2, 0.25) is 0 Å². The molecule has 1 fully saturated rings. The molecule has 162 valence electrons. The van der Waals surface area contributed by atoms with Crippen molar-refractivity contribution in [2.75, 3.05) is 24.8 Å². The molecule has 0 aliphatic heterocycles. The van der Waals surface area contributed by atoms with Crippen LogP contribution in [-0.4, -0.2) is 52.5 Å². The number of rotatable bonds is 10. The average molecular weight is 440 g/mol. The van der Waals surface area contributed by atoms with Crippen LogP contribution in [0.2, 0.25) is 0 Å². The van der Waals surface area contributed by atoms with Crippen LogP contribution in [0.5, 0.6) is 11.5 Å². The number of methoxy groups -OCH3 is 1. The molecule has 0 spiro atoms. The zero-order valence-corrected chi connectivity index (χ0v) is 18.3. The van der Waals surface area contributed by atoms with Crippen LogP contribution >= 0.6 is 11.8 Å². The number of carbonyl (C=O) groups excluding carboxylic acids is 1. The van der Waals surface area contributed by atoms with Gasteiger partial charge < -0.3 is 19.9 Å². The van der Waals surface area contributed by atoms with Crippen LogP contribution < -0.4 is 14.8 Å². The summed E-state index contributed by atoms with van der Waals surface area (Å²) in [6.45, 7) is 1.58. The van der Waals surface area contributed by atoms with Crippen molar-refractivity contribution in [2.45, 2.75) is 37.1 Å². The molecule has 8 heteroatoms. The van der Waals surface area contributed by atoms with Crippen LogP contribution in [0.3, 0.4) is 0 Å². The standard InChI is InChI=1S/C23H25N3O4S/c1-14(27)15-7-10-20(21(11-15)29-2)30-12-17(28)13-31-23-25-19-6-4-3-5-18(19)22(26-23)24-16-8-9-16/h3-7,10-11,16-17,28H,8-9,12-13H2,1-2H3,(H,24,25,26)/t17-/m1/s1. The highest BCUT2D eigenvalue weighted by atomic mass is 32.2. The maximum Gasteiger partial charge on any atom is 0.190 e. The summed E-state index contributed by atoms with van der Waals surface area (Å²) in [5, 5.41) is 15.5. The van der Waals surface area contributed by atoms with Crippen molar-refractivity contribution < 1.29 is 19.4 Å². The second-order valence-electron chi connectivity index (χ2n) is 7.49. The highest BCUT2D eigenvalue weighted by Gasteiger charge is 2.23. The number of aliphatic hydroxyl groups is 1. The number of carbonyl (C=O) groups is 1. The van der Waals surface area contributed by atoms with Crippen molar-refractivity contribution in [1.29, 1.82) is 0 Å². The van der Waals surface area contributed by atoms with Gasteiger partial charge in [-0.05, 0) is 50.1 Å². The third-order valence-corrected chi connectivity index (χ3v) is 5.90. The number of thioether (sulfide) groups is 1. The molecule has 1 heterocycles. The van der Waals surface area contributed by atoms with E-state index in [4.69, 9.17) is 9.47 Å². The third kappa shape index (κ3) is 5.45. The summed E-state index contributed by atoms with van der Waals surface area (Å²) in [5.41, 5.74) is 1.42. The van der Waals surface area contributed by atoms with E-state index < -0.39 is 6.10 Å². The van der Waals surface area contributed by atoms with E-state index in [2.05, 4.69) is 15.3 Å². The number of nitrogens with one attached hydrogen (secondary N) is 1. The van der Waals surface area contributed by atoms with Gasteiger partial charge >= 0.3 is 0 Å². The lowest BCUT2D eigenvalue weighted by molar-refractivity contribution is 0.101. The number of benzene rings is 2. The molecule has 1 aliphatic rings. The number of hydrogen-bond donors (Lipinski definition) is 2. The first-order chi connectivity index (χ1) is 15.0. The summed E-state index contributed by atoms with van der Waals surface area (Å²) in [7, 11) is 1.52. The number of ketones is 1. The second kappa shape index (κ2) is 9.53. The van der Waals surface area contributed by atoms with Gasteiger partial charge in [0.05, 0.1) is 18.7 Å². The number of ether oxygens (including phenoxy) is 2. The number of hydrogen-bond acceptors (Lipinski definition) is 8. The van der Waals surface area contributed by atoms with Gasteiger partial charge in [-0.2, -0.15) is 0 Å². The zero-order chi connectivity index (χ0) is 21.8. The summed E-state index contributed by atoms with van der Waals surface area (Å²) in [4.78, 5) is 20.8. The Balaban J connectivity index is 1.38. The molecule has 31 heavy (non-hydrogen) atoms. The number of nitrogens with zero attached hydrogens (tertiary/aromatic N) is 2. The molecule has 2 aromatic carbocycles. The Morgan fingerprint density at radius 1 is 1.23 bits per heavy atom. The van der Waals surface area contributed by atoms with E-state index in [9.17, 15) is 9.90 Å². The Labute approximate surface area is 185 Å². The van der Waals surface area contributed by atoms with E-state index in [1.807, 2.05) is 24.3 Å². The van der Waals surface area contributed by atoms with Crippen molar-refractivity contribution >= 4 is 34.3 Å². The molecule has 1 aromatic heterocycles. The van der Waals surface area contributed by atoms with E-state index in [1.165, 1.54) is 25.8 Å². The van der Waals surface area contributed by atoms with Gasteiger partial charge in [-0.3, -0.25) is 4.79 Å². The molecule has 0 amide bonds. The molecule has 0 bridgehead atoms. The SMILES string of the molecule is COc1cc(C(C)=O)ccc1OC[C@@H](O)CSc1nc(NC2CC2)c2ccccc2n1. The summed E-state index contributed by atoms with van der Waals surface area (Å²) < 4.78 is 11.0. The first-order valence-electron chi connectivity index (χ1n) is 10.2. The average Bonchev–Trinajstić information content (AvgIpc) is 3.60. The summed E-state index contributed by atoms with van der Waals surface area (Å²) in [5.74, 6) is 2.12. The molecule has 1 atom stereocenters. The number of anilines is 1. The Kier molecular flexibility index (Phi) is 6.58. The maximum absolute atomic E-state index is 11.5. The Hall–Kier alpha value is -2.84. The van der Waals surface area contributed by atoms with E-state index in [0.29, 0.717) is 34.0 Å². The minimum absolute atomic E-state index is 0.0489. The first-order valence-corrected chi connectivity index (χ1v) is 11.2. The van der Waals surface area contributed by atoms with Crippen LogP contribution in [0.4, 0.5) is 5.82 Å². The number of Topliss-reactive ketones (excluding diaryl/α,β-unsaturated/α-hetero) is 1. The summed E-state index contributed by atoms with van der Waals surface area (Å²) >= 11 is 1.39. The van der Waals surface area contributed by atoms with Crippen LogP contribution in [0.15, 0.2) is 47.6 Å². The fourth-order valence-electron chi connectivity index (χ4n) is 3.06. The normalized spacial score (nSPS) is 14.3. The second-order valence-corrected chi connectivity index (χ2v) is 8.48. The molecule has 0 saturated heterocycles. The van der Waals surface area contributed by atoms with Crippen LogP contribution in [0.25, 0.3) is 10.9 Å². The number of fused-ring (bicyclic) bond motifs is 1. The lowest BCUT2D eigenvalue weighted by atomic mass is 10.1. The van der Waals surface area contributed by atoms with E-state index in [0.717, 1.165) is 29.6 Å². The zero-order valence-electron chi connectivity index (χ0n) is 17.5. The van der Waals surface area contributed by atoms with E-state index >= 15 is 0 Å². The molecule has 1 saturated carbocycles. The maximum atomic E-state index is 11.5. The Morgan fingerprint density at radius 2 is 2.03 bits per heavy atom. The highest BCUT2D eigenvalue weighted by Crippen LogP contribution is 2.31. The number of aromatic nitrogens is 2. The summed E-state index contributed by atoms with van der Waals surface area (Å²) in [6, 6.07) is 13.4. The number of para-hydroxylation sites is 1. The molecule has 1 aliphatic carbocycles. The van der Waals surface area contributed by atoms with Gasteiger partial charge in [-0.25, -0.2) is 9.97 Å². The van der Waals surface area contributed by atoms with Crippen LogP contribution in [0, 0.1) is 0 Å². The molecule has 0 unspecified atom stereocenters. The first kappa shape index (κ1) is 21.4. The number of aliphatic hydroxyl groups excluding tert-OH is 1. The quantitative estimate of drug-likeness (QED) is 0.279. The predicted octanol–water partition coefficient (Wildman–Crippen LogP) is 3.95. The largest absolute Gasteiger partial charge is 0.493 e. The molecule has 7 nitrogen and oxygen atoms in total. The van der Waals surface area contributed by atoms with Crippen molar-refractivity contribution in [3.63, 3.8) is 0 Å². The topological polar surface area (TPSA) is 93.6 Å². The predicted molar refractivity (Wildman–Crippen MR) is 121 cm³/mol. The van der Waals surface area contributed by atoms with E-state index in [1.54, 1.807) is 18.2 Å². The van der Waals surface area contributed by atoms with E-state index in [-0.39, 0.29) is 12.4 Å². The van der Waals surface area contributed by atoms with Gasteiger partial charge in [0, 0.05) is 22.7 Å². The third-order valence-electron chi connectivity index (χ3n) is 4.91. The molecule has 2 N–H and O–H groups in total. The lowest BCUT2D eigenvalue weighted by Crippen LogP contribution is -2.20. The molecular formula is C23H25N3O4S. The minimum Gasteiger partial charge on any atom is -0.493 e. The monoisotopic (exact) mass is 439 g/mol. The highest BCUT2D eigenvalue weighted by molar-refractivity contribution is 7.99. The molecule has 4 rings (SSSR count). The van der Waals surface area contributed by atoms with Crippen LogP contribution in [-0.2, 0) is 0 Å². The Morgan fingerprint density at radius 3 is 2.77 bits per heavy atom. The van der Waals surface area contributed by atoms with Gasteiger partial charge in [-0.1, -0.05) is 23.9 Å². The Bertz CT molecular complexity index is 1090. The lowest BCUT2D eigenvalue weighted by Gasteiger charge is -2.15. The van der Waals surface area contributed by atoms with Gasteiger partial charge in [0.25, 0.3) is 0 Å². The fourth-order valence-corrected chi connectivity index (χ4v) is 3.82. The molecular weight excluding hydrogens is 414 g/mol. The fraction of sp³-hybridized carbons (Fsp3) is 0.348. The van der Waals surface area contributed by atoms with Crippen LogP contribution in [0.1, 0.15) is 30.1 Å². The van der Waals surface area contributed by atoms with Crippen molar-refractivity contribution in [2.24, 2.45) is 0 Å². The van der Waals surface area contributed by atoms with Crippen molar-refractivity contribution in [3.8, 4) is 11.5 Å². The van der Waals surface area contributed by atoms with Gasteiger partial charge in [0.1, 0.15) is 12.4 Å².